The number of thioether (sulfide) groups is 1. The quantitative estimate of drug-likeness (QED) is 0.424. The van der Waals surface area contributed by atoms with Crippen LogP contribution in [0.4, 0.5) is 5.69 Å². The fourth-order valence-corrected chi connectivity index (χ4v) is 2.67. The highest BCUT2D eigenvalue weighted by molar-refractivity contribution is 7.99. The summed E-state index contributed by atoms with van der Waals surface area (Å²) in [6.45, 7) is 0.649. The van der Waals surface area contributed by atoms with Gasteiger partial charge in [-0.15, -0.1) is 0 Å². The molecule has 2 aromatic carbocycles. The smallest absolute Gasteiger partial charge is 0.256 e. The number of para-hydroxylation sites is 2. The van der Waals surface area contributed by atoms with E-state index >= 15 is 0 Å². The highest BCUT2D eigenvalue weighted by Crippen LogP contribution is 2.23. The number of ether oxygens (including phenoxy) is 1. The van der Waals surface area contributed by atoms with E-state index in [4.69, 9.17) is 14.9 Å². The molecule has 21 heavy (non-hydrogen) atoms. The third-order valence-corrected chi connectivity index (χ3v) is 3.83. The molecule has 0 bridgehead atoms. The van der Waals surface area contributed by atoms with Crippen LogP contribution in [0.1, 0.15) is 6.42 Å². The summed E-state index contributed by atoms with van der Waals surface area (Å²) in [6, 6.07) is 15.2. The van der Waals surface area contributed by atoms with Crippen LogP contribution < -0.4 is 10.5 Å². The maximum atomic E-state index is 5.70. The predicted molar refractivity (Wildman–Crippen MR) is 85.7 cm³/mol. The molecular weight excluding hydrogens is 284 g/mol. The highest BCUT2D eigenvalue weighted by atomic mass is 32.2. The van der Waals surface area contributed by atoms with E-state index in [2.05, 4.69) is 4.98 Å². The van der Waals surface area contributed by atoms with E-state index in [9.17, 15) is 0 Å². The van der Waals surface area contributed by atoms with Gasteiger partial charge in [-0.2, -0.15) is 0 Å². The second kappa shape index (κ2) is 6.54. The lowest BCUT2D eigenvalue weighted by Gasteiger charge is -2.05. The van der Waals surface area contributed by atoms with E-state index in [0.29, 0.717) is 17.5 Å². The minimum atomic E-state index is 0.649. The minimum absolute atomic E-state index is 0.649. The fraction of sp³-hybridized carbons (Fsp3) is 0.188. The van der Waals surface area contributed by atoms with Crippen molar-refractivity contribution < 1.29 is 9.15 Å². The molecule has 0 aliphatic rings. The lowest BCUT2D eigenvalue weighted by atomic mass is 10.3. The first-order valence-corrected chi connectivity index (χ1v) is 7.76. The van der Waals surface area contributed by atoms with Crippen molar-refractivity contribution in [3.8, 4) is 5.75 Å². The Bertz CT molecular complexity index is 694. The van der Waals surface area contributed by atoms with E-state index in [1.54, 1.807) is 11.8 Å². The van der Waals surface area contributed by atoms with E-state index < -0.39 is 0 Å². The molecule has 0 amide bonds. The Morgan fingerprint density at radius 2 is 2.05 bits per heavy atom. The number of anilines is 1. The number of rotatable bonds is 6. The van der Waals surface area contributed by atoms with Gasteiger partial charge in [-0.1, -0.05) is 30.0 Å². The molecule has 4 nitrogen and oxygen atoms in total. The van der Waals surface area contributed by atoms with Crippen LogP contribution in [0, 0.1) is 0 Å². The number of nitrogens with zero attached hydrogens (tertiary/aromatic N) is 1. The molecule has 0 atom stereocenters. The molecule has 3 rings (SSSR count). The summed E-state index contributed by atoms with van der Waals surface area (Å²) >= 11 is 1.60. The molecule has 108 valence electrons. The van der Waals surface area contributed by atoms with E-state index in [-0.39, 0.29) is 0 Å². The first-order valence-electron chi connectivity index (χ1n) is 6.78. The minimum Gasteiger partial charge on any atom is -0.493 e. The van der Waals surface area contributed by atoms with Crippen molar-refractivity contribution in [2.75, 3.05) is 18.1 Å². The Labute approximate surface area is 127 Å². The van der Waals surface area contributed by atoms with Crippen LogP contribution in [0.15, 0.2) is 58.2 Å². The van der Waals surface area contributed by atoms with Crippen LogP contribution in [-0.2, 0) is 0 Å². The van der Waals surface area contributed by atoms with Gasteiger partial charge in [-0.25, -0.2) is 4.98 Å². The summed E-state index contributed by atoms with van der Waals surface area (Å²) in [7, 11) is 0. The molecule has 5 heteroatoms. The number of fused-ring (bicyclic) bond motifs is 1. The van der Waals surface area contributed by atoms with E-state index in [1.165, 1.54) is 0 Å². The standard InChI is InChI=1S/C16H16N2O2S/c17-12-5-3-6-13(11-12)19-9-4-10-21-16-18-14-7-1-2-8-15(14)20-16/h1-3,5-8,11H,4,9-10,17H2. The van der Waals surface area contributed by atoms with Crippen LogP contribution in [0.3, 0.4) is 0 Å². The van der Waals surface area contributed by atoms with E-state index in [0.717, 1.165) is 29.0 Å². The van der Waals surface area contributed by atoms with Gasteiger partial charge < -0.3 is 14.9 Å². The van der Waals surface area contributed by atoms with Gasteiger partial charge in [0.1, 0.15) is 11.3 Å². The van der Waals surface area contributed by atoms with Crippen LogP contribution in [0.5, 0.6) is 5.75 Å². The molecule has 1 heterocycles. The fourth-order valence-electron chi connectivity index (χ4n) is 1.93. The zero-order valence-electron chi connectivity index (χ0n) is 11.5. The number of benzene rings is 2. The Hall–Kier alpha value is -2.14. The lowest BCUT2D eigenvalue weighted by molar-refractivity contribution is 0.319. The molecule has 0 radical (unpaired) electrons. The van der Waals surface area contributed by atoms with Gasteiger partial charge in [0, 0.05) is 17.5 Å². The molecule has 0 aliphatic carbocycles. The molecule has 3 aromatic rings. The molecule has 1 aromatic heterocycles. The zero-order valence-corrected chi connectivity index (χ0v) is 12.3. The van der Waals surface area contributed by atoms with Crippen LogP contribution in [0.2, 0.25) is 0 Å². The summed E-state index contributed by atoms with van der Waals surface area (Å²) < 4.78 is 11.3. The van der Waals surface area contributed by atoms with Crippen molar-refractivity contribution in [1.82, 2.24) is 4.98 Å². The summed E-state index contributed by atoms with van der Waals surface area (Å²) in [5, 5.41) is 0.708. The first kappa shape index (κ1) is 13.8. The Kier molecular flexibility index (Phi) is 4.31. The maximum Gasteiger partial charge on any atom is 0.256 e. The van der Waals surface area contributed by atoms with Gasteiger partial charge in [0.2, 0.25) is 0 Å². The van der Waals surface area contributed by atoms with Gasteiger partial charge in [0.15, 0.2) is 5.58 Å². The zero-order chi connectivity index (χ0) is 14.5. The summed E-state index contributed by atoms with van der Waals surface area (Å²) in [6.07, 6.45) is 0.915. The van der Waals surface area contributed by atoms with Crippen molar-refractivity contribution in [2.24, 2.45) is 0 Å². The molecule has 0 spiro atoms. The monoisotopic (exact) mass is 300 g/mol. The Morgan fingerprint density at radius 1 is 1.14 bits per heavy atom. The SMILES string of the molecule is Nc1cccc(OCCCSc2nc3ccccc3o2)c1. The van der Waals surface area contributed by atoms with E-state index in [1.807, 2.05) is 48.5 Å². The van der Waals surface area contributed by atoms with Gasteiger partial charge in [-0.05, 0) is 30.7 Å². The highest BCUT2D eigenvalue weighted by Gasteiger charge is 2.05. The van der Waals surface area contributed by atoms with Crippen molar-refractivity contribution in [1.29, 1.82) is 0 Å². The number of hydrogen-bond donors (Lipinski definition) is 1. The topological polar surface area (TPSA) is 61.3 Å². The van der Waals surface area contributed by atoms with Crippen molar-refractivity contribution in [3.05, 3.63) is 48.5 Å². The van der Waals surface area contributed by atoms with Gasteiger partial charge >= 0.3 is 0 Å². The lowest BCUT2D eigenvalue weighted by Crippen LogP contribution is -1.99. The Morgan fingerprint density at radius 3 is 2.90 bits per heavy atom. The largest absolute Gasteiger partial charge is 0.493 e. The summed E-state index contributed by atoms with van der Waals surface area (Å²) in [4.78, 5) is 4.42. The number of aromatic nitrogens is 1. The molecular formula is C16H16N2O2S. The third-order valence-electron chi connectivity index (χ3n) is 2.92. The number of nitrogen functional groups attached to an aromatic ring is 1. The Balaban J connectivity index is 1.44. The molecule has 2 N–H and O–H groups in total. The van der Waals surface area contributed by atoms with Gasteiger partial charge in [0.25, 0.3) is 5.22 Å². The molecule has 0 fully saturated rings. The summed E-state index contributed by atoms with van der Waals surface area (Å²) in [5.74, 6) is 1.71. The van der Waals surface area contributed by atoms with Crippen molar-refractivity contribution in [2.45, 2.75) is 11.6 Å². The normalized spacial score (nSPS) is 10.9. The average Bonchev–Trinajstić information content (AvgIpc) is 2.89. The van der Waals surface area contributed by atoms with Crippen LogP contribution >= 0.6 is 11.8 Å². The predicted octanol–water partition coefficient (Wildman–Crippen LogP) is 3.97. The second-order valence-electron chi connectivity index (χ2n) is 4.57. The van der Waals surface area contributed by atoms with Gasteiger partial charge in [0.05, 0.1) is 6.61 Å². The molecule has 0 saturated carbocycles. The average molecular weight is 300 g/mol. The second-order valence-corrected chi connectivity index (χ2v) is 5.62. The van der Waals surface area contributed by atoms with Gasteiger partial charge in [-0.3, -0.25) is 0 Å². The number of nitrogens with two attached hydrogens (primary N) is 1. The maximum absolute atomic E-state index is 5.70. The molecule has 0 aliphatic heterocycles. The first-order chi connectivity index (χ1) is 10.3. The summed E-state index contributed by atoms with van der Waals surface area (Å²) in [5.41, 5.74) is 8.14. The van der Waals surface area contributed by atoms with Crippen LogP contribution in [0.25, 0.3) is 11.1 Å². The van der Waals surface area contributed by atoms with Crippen molar-refractivity contribution >= 4 is 28.5 Å². The molecule has 0 saturated heterocycles. The number of hydrogen-bond acceptors (Lipinski definition) is 5. The van der Waals surface area contributed by atoms with Crippen molar-refractivity contribution in [3.63, 3.8) is 0 Å². The molecule has 0 unspecified atom stereocenters. The third kappa shape index (κ3) is 3.70. The number of oxazole rings is 1. The van der Waals surface area contributed by atoms with Crippen LogP contribution in [-0.4, -0.2) is 17.3 Å².